The van der Waals surface area contributed by atoms with Crippen LogP contribution in [0.1, 0.15) is 18.1 Å². The summed E-state index contributed by atoms with van der Waals surface area (Å²) in [6.45, 7) is 5.19. The van der Waals surface area contributed by atoms with Crippen LogP contribution < -0.4 is 10.5 Å². The molecule has 0 aliphatic carbocycles. The summed E-state index contributed by atoms with van der Waals surface area (Å²) in [6, 6.07) is 4.24. The Morgan fingerprint density at radius 1 is 1.35 bits per heavy atom. The van der Waals surface area contributed by atoms with Crippen LogP contribution in [0.4, 0.5) is 0 Å². The van der Waals surface area contributed by atoms with Crippen LogP contribution in [0.15, 0.2) is 16.6 Å². The van der Waals surface area contributed by atoms with Gasteiger partial charge in [-0.2, -0.15) is 0 Å². The molecule has 0 saturated carbocycles. The van der Waals surface area contributed by atoms with E-state index in [9.17, 15) is 0 Å². The lowest BCUT2D eigenvalue weighted by atomic mass is 10.0. The van der Waals surface area contributed by atoms with Crippen LogP contribution in [0.25, 0.3) is 0 Å². The molecule has 0 radical (unpaired) electrons. The number of ether oxygens (including phenoxy) is 2. The summed E-state index contributed by atoms with van der Waals surface area (Å²) < 4.78 is 11.8. The average molecular weight is 302 g/mol. The molecule has 96 valence electrons. The van der Waals surface area contributed by atoms with Gasteiger partial charge in [-0.05, 0) is 43.5 Å². The number of nitrogens with two attached hydrogens (primary N) is 1. The largest absolute Gasteiger partial charge is 0.491 e. The van der Waals surface area contributed by atoms with E-state index in [1.807, 2.05) is 19.9 Å². The number of methoxy groups -OCH3 is 1. The van der Waals surface area contributed by atoms with Crippen molar-refractivity contribution < 1.29 is 9.47 Å². The van der Waals surface area contributed by atoms with E-state index < -0.39 is 0 Å². The molecular weight excluding hydrogens is 282 g/mol. The van der Waals surface area contributed by atoms with Crippen molar-refractivity contribution in [3.8, 4) is 5.75 Å². The van der Waals surface area contributed by atoms with Gasteiger partial charge in [0.15, 0.2) is 0 Å². The van der Waals surface area contributed by atoms with Crippen LogP contribution in [0.5, 0.6) is 5.75 Å². The molecule has 0 heterocycles. The molecule has 0 bridgehead atoms. The third-order valence-corrected chi connectivity index (χ3v) is 2.85. The van der Waals surface area contributed by atoms with Gasteiger partial charge in [-0.25, -0.2) is 0 Å². The molecule has 0 amide bonds. The molecule has 1 aromatic rings. The van der Waals surface area contributed by atoms with E-state index in [1.165, 1.54) is 0 Å². The zero-order chi connectivity index (χ0) is 12.8. The van der Waals surface area contributed by atoms with Gasteiger partial charge >= 0.3 is 0 Å². The van der Waals surface area contributed by atoms with Crippen molar-refractivity contribution >= 4 is 15.9 Å². The first-order valence-electron chi connectivity index (χ1n) is 5.71. The van der Waals surface area contributed by atoms with Gasteiger partial charge in [0, 0.05) is 17.6 Å². The Morgan fingerprint density at radius 2 is 2.06 bits per heavy atom. The lowest BCUT2D eigenvalue weighted by Gasteiger charge is -2.16. The highest BCUT2D eigenvalue weighted by Gasteiger charge is 2.10. The Kier molecular flexibility index (Phi) is 5.95. The third-order valence-electron chi connectivity index (χ3n) is 2.39. The van der Waals surface area contributed by atoms with Gasteiger partial charge < -0.3 is 15.2 Å². The predicted molar refractivity (Wildman–Crippen MR) is 73.6 cm³/mol. The topological polar surface area (TPSA) is 44.5 Å². The van der Waals surface area contributed by atoms with Crippen LogP contribution in [-0.2, 0) is 11.2 Å². The van der Waals surface area contributed by atoms with Gasteiger partial charge in [0.25, 0.3) is 0 Å². The molecule has 0 fully saturated rings. The second-order valence-corrected chi connectivity index (χ2v) is 5.15. The molecule has 1 rings (SSSR count). The minimum absolute atomic E-state index is 0.119. The fourth-order valence-corrected chi connectivity index (χ4v) is 2.35. The molecule has 1 aromatic carbocycles. The molecular formula is C13H20BrNO2. The standard InChI is InChI=1S/C13H20BrNO2/c1-9-6-12(14)8-11(7-10(2)15)13(9)17-5-4-16-3/h6,8,10H,4-5,7,15H2,1-3H3. The van der Waals surface area contributed by atoms with Crippen molar-refractivity contribution in [3.63, 3.8) is 0 Å². The van der Waals surface area contributed by atoms with Gasteiger partial charge in [-0.15, -0.1) is 0 Å². The molecule has 0 saturated heterocycles. The summed E-state index contributed by atoms with van der Waals surface area (Å²) in [6.07, 6.45) is 0.808. The number of hydrogen-bond donors (Lipinski definition) is 1. The maximum atomic E-state index is 5.85. The summed E-state index contributed by atoms with van der Waals surface area (Å²) in [7, 11) is 1.67. The quantitative estimate of drug-likeness (QED) is 0.822. The van der Waals surface area contributed by atoms with E-state index in [4.69, 9.17) is 15.2 Å². The fourth-order valence-electron chi connectivity index (χ4n) is 1.73. The summed E-state index contributed by atoms with van der Waals surface area (Å²) in [5, 5.41) is 0. The summed E-state index contributed by atoms with van der Waals surface area (Å²) in [5.41, 5.74) is 8.11. The predicted octanol–water partition coefficient (Wildman–Crippen LogP) is 2.67. The minimum Gasteiger partial charge on any atom is -0.491 e. The molecule has 1 atom stereocenters. The van der Waals surface area contributed by atoms with E-state index in [2.05, 4.69) is 22.0 Å². The first-order valence-corrected chi connectivity index (χ1v) is 6.50. The number of rotatable bonds is 6. The Hall–Kier alpha value is -0.580. The normalized spacial score (nSPS) is 12.5. The van der Waals surface area contributed by atoms with Crippen molar-refractivity contribution in [2.75, 3.05) is 20.3 Å². The van der Waals surface area contributed by atoms with Crippen molar-refractivity contribution in [3.05, 3.63) is 27.7 Å². The van der Waals surface area contributed by atoms with Crippen LogP contribution >= 0.6 is 15.9 Å². The summed E-state index contributed by atoms with van der Waals surface area (Å²) >= 11 is 3.50. The molecule has 1 unspecified atom stereocenters. The zero-order valence-corrected chi connectivity index (χ0v) is 12.2. The van der Waals surface area contributed by atoms with E-state index in [-0.39, 0.29) is 6.04 Å². The molecule has 3 nitrogen and oxygen atoms in total. The lowest BCUT2D eigenvalue weighted by molar-refractivity contribution is 0.145. The molecule has 4 heteroatoms. The lowest BCUT2D eigenvalue weighted by Crippen LogP contribution is -2.19. The summed E-state index contributed by atoms with van der Waals surface area (Å²) in [4.78, 5) is 0. The third kappa shape index (κ3) is 4.66. The second-order valence-electron chi connectivity index (χ2n) is 4.23. The monoisotopic (exact) mass is 301 g/mol. The second kappa shape index (κ2) is 6.99. The van der Waals surface area contributed by atoms with Crippen molar-refractivity contribution in [1.29, 1.82) is 0 Å². The Balaban J connectivity index is 2.90. The molecule has 0 aliphatic rings. The van der Waals surface area contributed by atoms with Gasteiger partial charge in [-0.3, -0.25) is 0 Å². The first kappa shape index (κ1) is 14.5. The van der Waals surface area contributed by atoms with Crippen LogP contribution in [0, 0.1) is 6.92 Å². The van der Waals surface area contributed by atoms with Crippen LogP contribution in [-0.4, -0.2) is 26.4 Å². The zero-order valence-electron chi connectivity index (χ0n) is 10.6. The van der Waals surface area contributed by atoms with Crippen LogP contribution in [0.3, 0.4) is 0 Å². The molecule has 0 spiro atoms. The van der Waals surface area contributed by atoms with Gasteiger partial charge in [-0.1, -0.05) is 15.9 Å². The smallest absolute Gasteiger partial charge is 0.125 e. The van der Waals surface area contributed by atoms with Crippen molar-refractivity contribution in [2.45, 2.75) is 26.3 Å². The highest BCUT2D eigenvalue weighted by Crippen LogP contribution is 2.29. The molecule has 0 aromatic heterocycles. The number of hydrogen-bond acceptors (Lipinski definition) is 3. The maximum Gasteiger partial charge on any atom is 0.125 e. The fraction of sp³-hybridized carbons (Fsp3) is 0.538. The Bertz CT molecular complexity index is 367. The minimum atomic E-state index is 0.119. The Labute approximate surface area is 111 Å². The van der Waals surface area contributed by atoms with E-state index in [1.54, 1.807) is 7.11 Å². The number of aryl methyl sites for hydroxylation is 1. The van der Waals surface area contributed by atoms with E-state index >= 15 is 0 Å². The number of halogens is 1. The van der Waals surface area contributed by atoms with E-state index in [0.29, 0.717) is 13.2 Å². The van der Waals surface area contributed by atoms with Crippen molar-refractivity contribution in [2.24, 2.45) is 5.73 Å². The molecule has 0 aliphatic heterocycles. The van der Waals surface area contributed by atoms with Gasteiger partial charge in [0.2, 0.25) is 0 Å². The van der Waals surface area contributed by atoms with E-state index in [0.717, 1.165) is 27.8 Å². The van der Waals surface area contributed by atoms with Gasteiger partial charge in [0.1, 0.15) is 12.4 Å². The average Bonchev–Trinajstić information content (AvgIpc) is 2.21. The SMILES string of the molecule is COCCOc1c(C)cc(Br)cc1CC(C)N. The molecule has 2 N–H and O–H groups in total. The first-order chi connectivity index (χ1) is 8.04. The Morgan fingerprint density at radius 3 is 2.65 bits per heavy atom. The summed E-state index contributed by atoms with van der Waals surface area (Å²) in [5.74, 6) is 0.933. The van der Waals surface area contributed by atoms with Crippen molar-refractivity contribution in [1.82, 2.24) is 0 Å². The molecule has 17 heavy (non-hydrogen) atoms. The maximum absolute atomic E-state index is 5.85. The highest BCUT2D eigenvalue weighted by atomic mass is 79.9. The van der Waals surface area contributed by atoms with Gasteiger partial charge in [0.05, 0.1) is 6.61 Å². The highest BCUT2D eigenvalue weighted by molar-refractivity contribution is 9.10. The van der Waals surface area contributed by atoms with Crippen LogP contribution in [0.2, 0.25) is 0 Å². The number of benzene rings is 1.